The number of nitrogens with two attached hydrogens (primary N) is 1. The van der Waals surface area contributed by atoms with E-state index in [0.29, 0.717) is 11.5 Å². The summed E-state index contributed by atoms with van der Waals surface area (Å²) in [4.78, 5) is 30.9. The molecular weight excluding hydrogens is 352 g/mol. The zero-order valence-electron chi connectivity index (χ0n) is 16.5. The summed E-state index contributed by atoms with van der Waals surface area (Å²) in [5.41, 5.74) is 8.68. The van der Waals surface area contributed by atoms with Gasteiger partial charge in [-0.1, -0.05) is 13.0 Å². The first-order valence-corrected chi connectivity index (χ1v) is 9.80. The lowest BCUT2D eigenvalue weighted by atomic mass is 9.79. The van der Waals surface area contributed by atoms with E-state index >= 15 is 0 Å². The van der Waals surface area contributed by atoms with Crippen LogP contribution < -0.4 is 16.0 Å². The molecule has 6 nitrogen and oxygen atoms in total. The Labute approximate surface area is 165 Å². The Morgan fingerprint density at radius 3 is 2.57 bits per heavy atom. The molecule has 0 saturated heterocycles. The van der Waals surface area contributed by atoms with E-state index in [1.807, 2.05) is 42.2 Å². The molecule has 1 aromatic heterocycles. The second-order valence-corrected chi connectivity index (χ2v) is 8.00. The molecule has 2 heterocycles. The van der Waals surface area contributed by atoms with Crippen molar-refractivity contribution in [2.24, 2.45) is 17.6 Å². The van der Waals surface area contributed by atoms with Gasteiger partial charge in [0, 0.05) is 35.8 Å². The molecule has 3 N–H and O–H groups in total. The fourth-order valence-electron chi connectivity index (χ4n) is 4.50. The van der Waals surface area contributed by atoms with E-state index in [9.17, 15) is 9.59 Å². The molecule has 28 heavy (non-hydrogen) atoms. The van der Waals surface area contributed by atoms with Gasteiger partial charge in [-0.05, 0) is 61.6 Å². The number of amides is 2. The van der Waals surface area contributed by atoms with Crippen molar-refractivity contribution in [3.8, 4) is 0 Å². The van der Waals surface area contributed by atoms with Crippen LogP contribution in [0.25, 0.3) is 0 Å². The molecule has 1 fully saturated rings. The van der Waals surface area contributed by atoms with Gasteiger partial charge in [-0.15, -0.1) is 0 Å². The van der Waals surface area contributed by atoms with Crippen LogP contribution in [0.15, 0.2) is 36.4 Å². The minimum Gasteiger partial charge on any atom is -0.366 e. The van der Waals surface area contributed by atoms with Crippen LogP contribution in [-0.4, -0.2) is 22.8 Å². The van der Waals surface area contributed by atoms with Gasteiger partial charge < -0.3 is 16.0 Å². The highest BCUT2D eigenvalue weighted by molar-refractivity contribution is 5.97. The van der Waals surface area contributed by atoms with Crippen LogP contribution in [0.3, 0.4) is 0 Å². The van der Waals surface area contributed by atoms with E-state index in [1.165, 1.54) is 0 Å². The fraction of sp³-hybridized carbons (Fsp3) is 0.409. The summed E-state index contributed by atoms with van der Waals surface area (Å²) >= 11 is 0. The number of rotatable bonds is 4. The minimum atomic E-state index is -0.471. The minimum absolute atomic E-state index is 0.0314. The topological polar surface area (TPSA) is 88.3 Å². The van der Waals surface area contributed by atoms with Gasteiger partial charge in [0.05, 0.1) is 6.04 Å². The molecule has 6 heteroatoms. The van der Waals surface area contributed by atoms with E-state index < -0.39 is 5.91 Å². The summed E-state index contributed by atoms with van der Waals surface area (Å²) in [7, 11) is 0. The molecular formula is C22H26N4O2. The molecule has 1 unspecified atom stereocenters. The number of anilines is 2. The maximum absolute atomic E-state index is 12.6. The van der Waals surface area contributed by atoms with Crippen LogP contribution >= 0.6 is 0 Å². The number of carbonyl (C=O) groups excluding carboxylic acids is 2. The number of benzene rings is 1. The number of nitrogens with one attached hydrogen (secondary N) is 1. The van der Waals surface area contributed by atoms with Crippen LogP contribution in [0.1, 0.15) is 54.3 Å². The molecule has 2 amide bonds. The third-order valence-electron chi connectivity index (χ3n) is 5.91. The van der Waals surface area contributed by atoms with Crippen molar-refractivity contribution in [1.82, 2.24) is 4.98 Å². The molecule has 1 aromatic carbocycles. The van der Waals surface area contributed by atoms with Crippen molar-refractivity contribution in [3.05, 3.63) is 53.2 Å². The number of aryl methyl sites for hydroxylation is 1. The summed E-state index contributed by atoms with van der Waals surface area (Å²) in [5.74, 6) is 1.02. The van der Waals surface area contributed by atoms with Gasteiger partial charge in [-0.2, -0.15) is 0 Å². The average molecular weight is 378 g/mol. The van der Waals surface area contributed by atoms with Crippen LogP contribution in [0.2, 0.25) is 0 Å². The van der Waals surface area contributed by atoms with Gasteiger partial charge in [0.1, 0.15) is 5.82 Å². The van der Waals surface area contributed by atoms with Gasteiger partial charge >= 0.3 is 0 Å². The normalized spacial score (nSPS) is 23.8. The van der Waals surface area contributed by atoms with Gasteiger partial charge in [0.25, 0.3) is 0 Å². The number of hydrogen-bond acceptors (Lipinski definition) is 4. The molecule has 1 aliphatic carbocycles. The first kappa shape index (κ1) is 18.5. The predicted octanol–water partition coefficient (Wildman–Crippen LogP) is 3.42. The Hall–Kier alpha value is -2.89. The highest BCUT2D eigenvalue weighted by Crippen LogP contribution is 2.50. The zero-order valence-corrected chi connectivity index (χ0v) is 16.5. The van der Waals surface area contributed by atoms with Gasteiger partial charge in [-0.3, -0.25) is 9.59 Å². The van der Waals surface area contributed by atoms with Crippen LogP contribution in [0.4, 0.5) is 11.5 Å². The van der Waals surface area contributed by atoms with Crippen LogP contribution in [-0.2, 0) is 4.79 Å². The number of aromatic nitrogens is 1. The van der Waals surface area contributed by atoms with E-state index in [2.05, 4.69) is 17.2 Å². The lowest BCUT2D eigenvalue weighted by molar-refractivity contribution is -0.117. The van der Waals surface area contributed by atoms with Crippen molar-refractivity contribution in [3.63, 3.8) is 0 Å². The quantitative estimate of drug-likeness (QED) is 0.853. The van der Waals surface area contributed by atoms with E-state index in [1.54, 1.807) is 13.0 Å². The molecule has 2 aromatic rings. The van der Waals surface area contributed by atoms with Gasteiger partial charge in [0.2, 0.25) is 11.8 Å². The first-order chi connectivity index (χ1) is 13.4. The molecule has 3 atom stereocenters. The molecule has 4 rings (SSSR count). The number of fused-ring (bicyclic) bond motifs is 1. The standard InChI is InChI=1S/C22H26N4O2/c1-12-5-4-6-19(24-12)25-20-13(2)21(15-7-8-15)26(14(3)27)18-10-9-16(22(23)28)11-17(18)20/h4-6,9-11,13,15,20-21H,7-8H2,1-3H3,(H2,23,28)(H,24,25)/t13-,20?,21-/m1/s1. The van der Waals surface area contributed by atoms with E-state index in [-0.39, 0.29) is 23.9 Å². The molecule has 0 spiro atoms. The smallest absolute Gasteiger partial charge is 0.248 e. The van der Waals surface area contributed by atoms with E-state index in [4.69, 9.17) is 5.73 Å². The lowest BCUT2D eigenvalue weighted by Crippen LogP contribution is -2.51. The third kappa shape index (κ3) is 3.23. The lowest BCUT2D eigenvalue weighted by Gasteiger charge is -2.46. The second kappa shape index (κ2) is 6.93. The Bertz CT molecular complexity index is 938. The maximum Gasteiger partial charge on any atom is 0.248 e. The number of carbonyl (C=O) groups is 2. The number of pyridine rings is 1. The highest BCUT2D eigenvalue weighted by Gasteiger charge is 2.47. The van der Waals surface area contributed by atoms with Crippen molar-refractivity contribution >= 4 is 23.3 Å². The zero-order chi connectivity index (χ0) is 20.0. The summed E-state index contributed by atoms with van der Waals surface area (Å²) in [5, 5.41) is 3.56. The van der Waals surface area contributed by atoms with Crippen molar-refractivity contribution in [2.45, 2.75) is 45.7 Å². The maximum atomic E-state index is 12.6. The monoisotopic (exact) mass is 378 g/mol. The molecule has 0 bridgehead atoms. The average Bonchev–Trinajstić information content (AvgIpc) is 3.47. The number of hydrogen-bond donors (Lipinski definition) is 2. The van der Waals surface area contributed by atoms with Gasteiger partial charge in [0.15, 0.2) is 0 Å². The molecule has 2 aliphatic rings. The Morgan fingerprint density at radius 1 is 1.21 bits per heavy atom. The molecule has 0 radical (unpaired) electrons. The Morgan fingerprint density at radius 2 is 1.96 bits per heavy atom. The molecule has 146 valence electrons. The largest absolute Gasteiger partial charge is 0.366 e. The van der Waals surface area contributed by atoms with E-state index in [0.717, 1.165) is 35.6 Å². The third-order valence-corrected chi connectivity index (χ3v) is 5.91. The second-order valence-electron chi connectivity index (χ2n) is 8.00. The number of nitrogens with zero attached hydrogens (tertiary/aromatic N) is 2. The SMILES string of the molecule is CC(=O)N1c2ccc(C(N)=O)cc2C(Nc2cccc(C)n2)[C@@H](C)[C@@H]1C1CC1. The van der Waals surface area contributed by atoms with Crippen molar-refractivity contribution in [2.75, 3.05) is 10.2 Å². The Balaban J connectivity index is 1.83. The summed E-state index contributed by atoms with van der Waals surface area (Å²) in [6, 6.07) is 11.3. The predicted molar refractivity (Wildman–Crippen MR) is 109 cm³/mol. The van der Waals surface area contributed by atoms with Crippen molar-refractivity contribution < 1.29 is 9.59 Å². The highest BCUT2D eigenvalue weighted by atomic mass is 16.2. The van der Waals surface area contributed by atoms with Gasteiger partial charge in [-0.25, -0.2) is 4.98 Å². The molecule has 1 aliphatic heterocycles. The van der Waals surface area contributed by atoms with Crippen LogP contribution in [0.5, 0.6) is 0 Å². The molecule has 1 saturated carbocycles. The van der Waals surface area contributed by atoms with Crippen molar-refractivity contribution in [1.29, 1.82) is 0 Å². The first-order valence-electron chi connectivity index (χ1n) is 9.80. The fourth-order valence-corrected chi connectivity index (χ4v) is 4.50. The Kier molecular flexibility index (Phi) is 4.57. The summed E-state index contributed by atoms with van der Waals surface area (Å²) in [6.45, 7) is 5.75. The number of primary amides is 1. The van der Waals surface area contributed by atoms with Crippen LogP contribution in [0, 0.1) is 18.8 Å². The summed E-state index contributed by atoms with van der Waals surface area (Å²) in [6.07, 6.45) is 2.28. The summed E-state index contributed by atoms with van der Waals surface area (Å²) < 4.78 is 0.